The van der Waals surface area contributed by atoms with Crippen molar-refractivity contribution in [3.05, 3.63) is 0 Å². The Morgan fingerprint density at radius 3 is 0.764 bits per heavy atom. The summed E-state index contributed by atoms with van der Waals surface area (Å²) < 4.78 is 31.8. The molecule has 7 rings (SSSR count). The average molecular weight is 2300 g/mol. The van der Waals surface area contributed by atoms with Crippen molar-refractivity contribution in [1.29, 1.82) is 0 Å². The van der Waals surface area contributed by atoms with Gasteiger partial charge in [-0.25, -0.2) is 4.79 Å². The number of nitrogens with one attached hydrogen (secondary N) is 7. The second-order valence-electron chi connectivity index (χ2n) is 35.1. The number of halogens is 2. The average Bonchev–Trinajstić information content (AvgIpc) is 1.39. The number of carbonyl (C=O) groups is 18. The number of ether oxygens (including phenoxy) is 6. The van der Waals surface area contributed by atoms with Gasteiger partial charge < -0.3 is 199 Å². The van der Waals surface area contributed by atoms with Crippen molar-refractivity contribution in [1.82, 2.24) is 42.3 Å². The zero-order valence-corrected chi connectivity index (χ0v) is 81.8. The van der Waals surface area contributed by atoms with E-state index >= 15 is 0 Å². The van der Waals surface area contributed by atoms with Crippen LogP contribution < -0.4 is 43.0 Å². The molecule has 0 radical (unpaired) electrons. The first-order valence-electron chi connectivity index (χ1n) is 45.7. The summed E-state index contributed by atoms with van der Waals surface area (Å²) in [5.74, 6) is -15.6. The Morgan fingerprint density at radius 1 is 0.306 bits per heavy atom. The molecule has 820 valence electrons. The predicted octanol–water partition coefficient (Wildman–Crippen LogP) is -19.0. The molecule has 0 bridgehead atoms. The SMILES string of the molecule is NC(CCC(=O)NCC(=O)C[C@@H]1OC(CO)[C@H](O)[C@H](O)C1O)C(=O)CC(CCC(=O)NCC(=O)C[C@@H]1OC(CO)[C@H](O)[C@H](O)C1O)C(=O)NCC(=O)C[C@@H]1OC(CO)[C@H](O)[C@H](O)C1O.O=C(CI)ON1C(=O)CCC1=O.O=C(CNC(=O)CCC(CC(=O)C(CCC(=O)NCC(=O)C[C@@H]1OC(CO)[C@H](O)[C@H](O)C1O)NC(=O)CI)C(=O)NCC(=O)C[C@@H]1OC(CO)[C@H](O)[C@H](O)C1O)C[C@@H]1OC(CO)[C@H](O)[C@H](O)C1O. The van der Waals surface area contributed by atoms with Gasteiger partial charge in [0.05, 0.1) is 132 Å². The molecule has 0 aliphatic carbocycles. The smallest absolute Gasteiger partial charge is 0.342 e. The lowest BCUT2D eigenvalue weighted by molar-refractivity contribution is -0.229. The van der Waals surface area contributed by atoms with E-state index in [0.717, 1.165) is 0 Å². The summed E-state index contributed by atoms with van der Waals surface area (Å²) in [6, 6.07) is -2.77. The van der Waals surface area contributed by atoms with E-state index in [9.17, 15) is 209 Å². The molecule has 7 aliphatic heterocycles. The number of alkyl halides is 2. The molecule has 0 aromatic rings. The van der Waals surface area contributed by atoms with Crippen LogP contribution >= 0.6 is 45.2 Å². The number of aliphatic hydroxyl groups excluding tert-OH is 24. The summed E-state index contributed by atoms with van der Waals surface area (Å²) in [5, 5.41) is 254. The van der Waals surface area contributed by atoms with E-state index in [4.69, 9.17) is 34.2 Å². The van der Waals surface area contributed by atoms with Crippen LogP contribution in [-0.4, -0.2) is 516 Å². The van der Waals surface area contributed by atoms with Gasteiger partial charge in [-0.15, -0.1) is 5.06 Å². The molecular weight excluding hydrogens is 2170 g/mol. The highest BCUT2D eigenvalue weighted by Crippen LogP contribution is 2.31. The molecule has 60 heteroatoms. The van der Waals surface area contributed by atoms with E-state index in [-0.39, 0.29) is 47.4 Å². The third-order valence-corrected chi connectivity index (χ3v) is 25.7. The van der Waals surface area contributed by atoms with Gasteiger partial charge in [-0.3, -0.25) is 81.5 Å². The third kappa shape index (κ3) is 39.1. The predicted molar refractivity (Wildman–Crippen MR) is 486 cm³/mol. The van der Waals surface area contributed by atoms with Crippen molar-refractivity contribution in [3.8, 4) is 0 Å². The van der Waals surface area contributed by atoms with Crippen molar-refractivity contribution < 1.29 is 242 Å². The number of hydroxylamine groups is 2. The summed E-state index contributed by atoms with van der Waals surface area (Å²) >= 11 is 3.50. The van der Waals surface area contributed by atoms with Crippen molar-refractivity contribution in [2.45, 2.75) is 311 Å². The molecule has 0 saturated carbocycles. The van der Waals surface area contributed by atoms with Gasteiger partial charge in [-0.05, 0) is 25.7 Å². The minimum atomic E-state index is -1.78. The molecule has 9 amide bonds. The van der Waals surface area contributed by atoms with E-state index < -0.39 is 468 Å². The number of nitrogens with two attached hydrogens (primary N) is 1. The van der Waals surface area contributed by atoms with Crippen molar-refractivity contribution in [2.24, 2.45) is 17.6 Å². The molecule has 33 N–H and O–H groups in total. The van der Waals surface area contributed by atoms with Crippen molar-refractivity contribution >= 4 is 151 Å². The van der Waals surface area contributed by atoms with Crippen LogP contribution in [0.25, 0.3) is 0 Å². The van der Waals surface area contributed by atoms with Crippen LogP contribution in [0.1, 0.15) is 116 Å². The summed E-state index contributed by atoms with van der Waals surface area (Å²) in [7, 11) is 0. The van der Waals surface area contributed by atoms with Gasteiger partial charge in [-0.1, -0.05) is 45.2 Å². The Labute approximate surface area is 846 Å². The Bertz CT molecular complexity index is 4240. The van der Waals surface area contributed by atoms with E-state index in [1.807, 2.05) is 0 Å². The highest BCUT2D eigenvalue weighted by atomic mass is 127. The topological polar surface area (TPSA) is 971 Å². The molecule has 0 aromatic carbocycles. The fraction of sp³-hybridized carbons (Fsp3) is 0.786. The highest BCUT2D eigenvalue weighted by molar-refractivity contribution is 14.1. The van der Waals surface area contributed by atoms with Crippen LogP contribution in [0.5, 0.6) is 0 Å². The fourth-order valence-corrected chi connectivity index (χ4v) is 16.1. The molecule has 16 unspecified atom stereocenters. The second kappa shape index (κ2) is 62.8. The highest BCUT2D eigenvalue weighted by Gasteiger charge is 2.51. The van der Waals surface area contributed by atoms with Crippen LogP contribution in [0.2, 0.25) is 0 Å². The maximum absolute atomic E-state index is 13.8. The lowest BCUT2D eigenvalue weighted by atomic mass is 9.91. The standard InChI is InChI=1S/C40H63IN4O23.C38H62N4O22.C6H6INO4/c41-9-30(55)45-20(2-4-29(54)43-11-18(50)7-23-32(57)38(63)35(60)26(14-47)67-23)21(52)5-16(40(65)44-12-19(51)8-24-33(58)39(64)36(61)27(15-48)68-24)1-3-28(53)42-10-17(49)6-22-31(56)37(62)34(59)25(13-46)66-22;39-19(2-4-28(51)41-10-17(47)7-22-30(53)36(59)33(56)25(13-44)63-22)20(49)5-15(38(61)42-11-18(48)8-23-31(54)37(60)34(57)26(14-45)64-23)1-3-27(50)40-9-16(46)6-21-29(52)35(58)32(55)24(12-43)62-21;7-3-6(11)12-8-4(9)1-2-5(8)10/h16,20,22-27,31-39,46-48,56-64H,1-15H2,(H,42,53)(H,43,54)(H,44,65)(H,45,55);15,19,21-26,29-37,43-45,52-60H,1-14,39H2,(H,40,50)(H,41,51)(H,42,61);1-3H2/t16?,20?,22-,23-,24-,25?,26?,27?,31?,32?,33?,34-,35-,36-,37+,38+,39+;15?,19?,21-,22-,23-,24?,25?,26?,29?,30?,31?,32-,33-,34-,35+,36+,37+;/m00./s1. The van der Waals surface area contributed by atoms with Crippen LogP contribution in [0.3, 0.4) is 0 Å². The number of imide groups is 1. The number of rotatable bonds is 54. The van der Waals surface area contributed by atoms with Gasteiger partial charge in [-0.2, -0.15) is 0 Å². The number of nitrogens with zero attached hydrogens (tertiary/aromatic N) is 1. The van der Waals surface area contributed by atoms with Gasteiger partial charge >= 0.3 is 5.97 Å². The Hall–Kier alpha value is -7.52. The van der Waals surface area contributed by atoms with E-state index in [0.29, 0.717) is 5.06 Å². The molecule has 0 spiro atoms. The molecule has 58 nitrogen and oxygen atoms in total. The van der Waals surface area contributed by atoms with Gasteiger partial charge in [0.25, 0.3) is 11.8 Å². The van der Waals surface area contributed by atoms with Crippen molar-refractivity contribution in [2.75, 3.05) is 87.8 Å². The minimum absolute atomic E-state index is 0.120. The molecule has 0 aromatic heterocycles. The zero-order valence-electron chi connectivity index (χ0n) is 77.5. The van der Waals surface area contributed by atoms with Crippen molar-refractivity contribution in [3.63, 3.8) is 0 Å². The number of aliphatic hydroxyl groups is 24. The first-order chi connectivity index (χ1) is 67.8. The number of hydrogen-bond donors (Lipinski definition) is 32. The van der Waals surface area contributed by atoms with Crippen LogP contribution in [0.15, 0.2) is 0 Å². The normalized spacial score (nSPS) is 31.8. The summed E-state index contributed by atoms with van der Waals surface area (Å²) in [6.07, 6.45) is -54.0. The first kappa shape index (κ1) is 127. The lowest BCUT2D eigenvalue weighted by Gasteiger charge is -2.39. The maximum atomic E-state index is 13.8. The van der Waals surface area contributed by atoms with Crippen LogP contribution in [0, 0.1) is 11.8 Å². The molecule has 144 heavy (non-hydrogen) atoms. The van der Waals surface area contributed by atoms with Gasteiger partial charge in [0, 0.05) is 102 Å². The molecule has 34 atom stereocenters. The summed E-state index contributed by atoms with van der Waals surface area (Å²) in [5.41, 5.74) is 6.03. The number of carbonyl (C=O) groups excluding carboxylic acids is 18. The van der Waals surface area contributed by atoms with E-state index in [2.05, 4.69) is 42.1 Å². The number of hydrogen-bond acceptors (Lipinski definition) is 50. The number of ketones is 8. The maximum Gasteiger partial charge on any atom is 0.342 e. The Kier molecular flexibility index (Phi) is 55.4. The lowest BCUT2D eigenvalue weighted by Crippen LogP contribution is -2.59. The second-order valence-corrected chi connectivity index (χ2v) is 36.7. The zero-order chi connectivity index (χ0) is 108. The monoisotopic (exact) mass is 2300 g/mol. The Balaban J connectivity index is 0.000000453. The summed E-state index contributed by atoms with van der Waals surface area (Å²) in [6.45, 7) is -8.25. The molecular formula is C84H131I2N9O49. The quantitative estimate of drug-likeness (QED) is 0.0153. The molecule has 7 saturated heterocycles. The molecule has 7 heterocycles. The van der Waals surface area contributed by atoms with E-state index in [1.54, 1.807) is 45.2 Å². The minimum Gasteiger partial charge on any atom is -0.394 e. The Morgan fingerprint density at radius 2 is 0.528 bits per heavy atom. The molecule has 7 fully saturated rings. The van der Waals surface area contributed by atoms with Gasteiger partial charge in [0.2, 0.25) is 41.4 Å². The number of Topliss-reactive ketones (excluding diaryl/α,β-unsaturated/α-hetero) is 8. The third-order valence-electron chi connectivity index (χ3n) is 24.4. The van der Waals surface area contributed by atoms with Crippen LogP contribution in [0.4, 0.5) is 0 Å². The fourth-order valence-electron chi connectivity index (χ4n) is 15.8. The van der Waals surface area contributed by atoms with Gasteiger partial charge in [0.15, 0.2) is 40.5 Å². The van der Waals surface area contributed by atoms with Crippen LogP contribution in [-0.2, 0) is 120 Å². The first-order valence-corrected chi connectivity index (χ1v) is 48.7. The van der Waals surface area contributed by atoms with E-state index in [1.165, 1.54) is 0 Å². The summed E-state index contributed by atoms with van der Waals surface area (Å²) in [4.78, 5) is 230. The largest absolute Gasteiger partial charge is 0.394 e. The molecule has 7 aliphatic rings. The number of amides is 9. The van der Waals surface area contributed by atoms with Gasteiger partial charge in [0.1, 0.15) is 157 Å².